The molecule has 0 atom stereocenters. The molecule has 0 spiro atoms. The Bertz CT molecular complexity index is 2350. The van der Waals surface area contributed by atoms with E-state index in [2.05, 4.69) is 25.5 Å². The van der Waals surface area contributed by atoms with Crippen molar-refractivity contribution in [3.63, 3.8) is 0 Å². The maximum Gasteiger partial charge on any atom is 1.00 e. The first kappa shape index (κ1) is 36.6. The molecule has 17 nitrogen and oxygen atoms in total. The van der Waals surface area contributed by atoms with Crippen LogP contribution in [0.1, 0.15) is 5.69 Å². The minimum Gasteiger partial charge on any atom is -0.505 e. The summed E-state index contributed by atoms with van der Waals surface area (Å²) >= 11 is 6.25. The molecular weight excluding hydrogens is 713 g/mol. The number of aromatic hydroxyl groups is 1. The van der Waals surface area contributed by atoms with Crippen LogP contribution in [0.3, 0.4) is 0 Å². The molecule has 234 valence electrons. The van der Waals surface area contributed by atoms with E-state index >= 15 is 0 Å². The fourth-order valence-electron chi connectivity index (χ4n) is 3.83. The van der Waals surface area contributed by atoms with Crippen molar-refractivity contribution in [3.05, 3.63) is 53.2 Å². The van der Waals surface area contributed by atoms with Crippen LogP contribution in [-0.2, 0) is 40.2 Å². The van der Waals surface area contributed by atoms with Gasteiger partial charge in [0.25, 0.3) is 30.4 Å². The number of phenolic OH excluding ortho intramolecular Hbond substituents is 1. The number of anilines is 2. The van der Waals surface area contributed by atoms with Gasteiger partial charge in [-0.05, 0) is 37.3 Å². The Labute approximate surface area is 282 Å². The summed E-state index contributed by atoms with van der Waals surface area (Å²) in [6.45, 7) is 1.35. The van der Waals surface area contributed by atoms with E-state index in [0.29, 0.717) is 6.07 Å². The average Bonchev–Trinajstić information content (AvgIpc) is 2.88. The Hall–Kier alpha value is -2.83. The van der Waals surface area contributed by atoms with Gasteiger partial charge in [-0.3, -0.25) is 13.7 Å². The minimum absolute atomic E-state index is 0. The molecule has 45 heavy (non-hydrogen) atoms. The first-order chi connectivity index (χ1) is 20.1. The molecule has 0 aliphatic heterocycles. The number of fused-ring (bicyclic) bond motifs is 1. The van der Waals surface area contributed by atoms with E-state index in [1.807, 2.05) is 0 Å². The van der Waals surface area contributed by atoms with Gasteiger partial charge in [0.15, 0.2) is 11.6 Å². The summed E-state index contributed by atoms with van der Waals surface area (Å²) in [5.74, 6) is -1.54. The molecule has 0 saturated carbocycles. The molecule has 5 N–H and O–H groups in total. The van der Waals surface area contributed by atoms with Crippen molar-refractivity contribution in [2.24, 2.45) is 10.2 Å². The van der Waals surface area contributed by atoms with E-state index in [9.17, 15) is 52.4 Å². The predicted octanol–water partition coefficient (Wildman–Crippen LogP) is 0.604. The number of nitrogens with one attached hydrogen (secondary N) is 1. The van der Waals surface area contributed by atoms with Crippen LogP contribution in [0.4, 0.5) is 22.9 Å². The first-order valence-electron chi connectivity index (χ1n) is 11.4. The van der Waals surface area contributed by atoms with Gasteiger partial charge in [-0.1, -0.05) is 23.7 Å². The number of phenols is 1. The molecule has 1 heterocycles. The largest absolute Gasteiger partial charge is 1.00 e. The summed E-state index contributed by atoms with van der Waals surface area (Å²) in [5, 5.41) is 18.9. The molecule has 4 rings (SSSR count). The molecule has 0 aliphatic rings. The molecule has 0 unspecified atom stereocenters. The maximum absolute atomic E-state index is 12.3. The summed E-state index contributed by atoms with van der Waals surface area (Å²) in [6, 6.07) is 6.79. The summed E-state index contributed by atoms with van der Waals surface area (Å²) in [7, 11) is -19.3. The van der Waals surface area contributed by atoms with Crippen LogP contribution in [0.5, 0.6) is 5.75 Å². The molecule has 0 amide bonds. The first-order valence-corrected chi connectivity index (χ1v) is 18.0. The molecule has 0 aliphatic carbocycles. The third-order valence-electron chi connectivity index (χ3n) is 5.71. The molecule has 0 fully saturated rings. The van der Waals surface area contributed by atoms with Gasteiger partial charge in [0, 0.05) is 11.6 Å². The van der Waals surface area contributed by atoms with Gasteiger partial charge in [0.2, 0.25) is 15.0 Å². The summed E-state index contributed by atoms with van der Waals surface area (Å²) in [5.41, 5.74) is -1.88. The number of azo groups is 1. The molecule has 0 saturated heterocycles. The normalized spacial score (nSPS) is 12.8. The Morgan fingerprint density at radius 2 is 1.38 bits per heavy atom. The van der Waals surface area contributed by atoms with Crippen molar-refractivity contribution in [1.82, 2.24) is 9.97 Å². The SMILES string of the molecule is Cc1nc(S(C)(=O)=O)nc(Nc2ccc(S(=O)(=O)O)c3cc(S(=O)(=O)O)c(N=Nc4ccccc4S(=O)(=O)O)c(O)c23)c1Cl.[Na+]. The number of hydrogen-bond acceptors (Lipinski definition) is 14. The third kappa shape index (κ3) is 7.77. The van der Waals surface area contributed by atoms with Crippen molar-refractivity contribution in [2.45, 2.75) is 26.8 Å². The molecule has 0 radical (unpaired) electrons. The Morgan fingerprint density at radius 3 is 1.93 bits per heavy atom. The van der Waals surface area contributed by atoms with E-state index in [-0.39, 0.29) is 51.8 Å². The third-order valence-corrected chi connectivity index (χ3v) is 9.69. The van der Waals surface area contributed by atoms with Crippen LogP contribution < -0.4 is 34.9 Å². The summed E-state index contributed by atoms with van der Waals surface area (Å²) < 4.78 is 126. The van der Waals surface area contributed by atoms with Gasteiger partial charge < -0.3 is 10.4 Å². The fraction of sp³-hybridized carbons (Fsp3) is 0.0909. The van der Waals surface area contributed by atoms with E-state index in [1.54, 1.807) is 0 Å². The van der Waals surface area contributed by atoms with Crippen molar-refractivity contribution in [2.75, 3.05) is 11.6 Å². The van der Waals surface area contributed by atoms with Crippen LogP contribution in [0, 0.1) is 6.92 Å². The van der Waals surface area contributed by atoms with Crippen molar-refractivity contribution < 1.29 is 82.0 Å². The van der Waals surface area contributed by atoms with Crippen LogP contribution >= 0.6 is 11.6 Å². The Kier molecular flexibility index (Phi) is 10.4. The number of hydrogen-bond donors (Lipinski definition) is 5. The van der Waals surface area contributed by atoms with E-state index in [1.165, 1.54) is 19.1 Å². The maximum atomic E-state index is 12.3. The number of benzene rings is 3. The van der Waals surface area contributed by atoms with Crippen molar-refractivity contribution in [3.8, 4) is 5.75 Å². The van der Waals surface area contributed by atoms with Crippen molar-refractivity contribution in [1.29, 1.82) is 0 Å². The number of aromatic nitrogens is 2. The molecule has 3 aromatic carbocycles. The Morgan fingerprint density at radius 1 is 0.800 bits per heavy atom. The van der Waals surface area contributed by atoms with E-state index < -0.39 is 87.9 Å². The molecule has 23 heteroatoms. The van der Waals surface area contributed by atoms with Crippen LogP contribution in [-0.4, -0.2) is 68.7 Å². The second-order valence-corrected chi connectivity index (χ2v) is 15.3. The van der Waals surface area contributed by atoms with Crippen LogP contribution in [0.15, 0.2) is 72.5 Å². The molecule has 0 bridgehead atoms. The van der Waals surface area contributed by atoms with Crippen LogP contribution in [0.25, 0.3) is 10.8 Å². The number of nitrogens with zero attached hydrogens (tertiary/aromatic N) is 4. The average molecular weight is 731 g/mol. The number of halogens is 1. The van der Waals surface area contributed by atoms with Gasteiger partial charge >= 0.3 is 29.6 Å². The van der Waals surface area contributed by atoms with E-state index in [4.69, 9.17) is 11.6 Å². The van der Waals surface area contributed by atoms with Gasteiger partial charge in [0.05, 0.1) is 16.8 Å². The topological polar surface area (TPSA) is 280 Å². The number of sulfone groups is 1. The van der Waals surface area contributed by atoms with E-state index in [0.717, 1.165) is 30.5 Å². The second-order valence-electron chi connectivity index (χ2n) is 8.85. The van der Waals surface area contributed by atoms with Crippen LogP contribution in [0.2, 0.25) is 5.02 Å². The standard InChI is InChI=1S/C22H18ClN5O12S4.Na/c1-10-18(23)21(26-22(24-10)41(2,30)31)25-13-7-8-14(42(32,33)34)11-9-16(44(38,39)40)19(20(29)17(11)13)28-27-12-5-3-4-6-15(12)43(35,36)37;/h3-9,29H,1-2H3,(H,24,25,26)(H,32,33,34)(H,35,36,37)(H,38,39,40);/q;+1. The zero-order valence-electron chi connectivity index (χ0n) is 22.9. The zero-order valence-corrected chi connectivity index (χ0v) is 28.9. The quantitative estimate of drug-likeness (QED) is 0.0718. The van der Waals surface area contributed by atoms with Gasteiger partial charge in [-0.25, -0.2) is 13.4 Å². The summed E-state index contributed by atoms with van der Waals surface area (Å²) in [6.07, 6.45) is 0.815. The Balaban J connectivity index is 0.00000552. The zero-order chi connectivity index (χ0) is 33.0. The fourth-order valence-corrected chi connectivity index (χ4v) is 6.47. The number of rotatable bonds is 8. The second kappa shape index (κ2) is 12.8. The molecular formula is C22H18ClN5NaO12S4+. The smallest absolute Gasteiger partial charge is 0.505 e. The van der Waals surface area contributed by atoms with Gasteiger partial charge in [-0.2, -0.15) is 30.2 Å². The van der Waals surface area contributed by atoms with Gasteiger partial charge in [-0.15, -0.1) is 10.2 Å². The monoisotopic (exact) mass is 730 g/mol. The summed E-state index contributed by atoms with van der Waals surface area (Å²) in [4.78, 5) is 4.70. The predicted molar refractivity (Wildman–Crippen MR) is 154 cm³/mol. The van der Waals surface area contributed by atoms with Gasteiger partial charge in [0.1, 0.15) is 31.1 Å². The van der Waals surface area contributed by atoms with Crippen molar-refractivity contribution >= 4 is 85.4 Å². The molecule has 1 aromatic heterocycles. The number of aryl methyl sites for hydroxylation is 1. The molecule has 4 aromatic rings. The minimum atomic E-state index is -5.35.